The van der Waals surface area contributed by atoms with Gasteiger partial charge in [0.2, 0.25) is 5.95 Å². The quantitative estimate of drug-likeness (QED) is 0.378. The third kappa shape index (κ3) is 4.75. The largest absolute Gasteiger partial charge is 0.383 e. The van der Waals surface area contributed by atoms with Crippen molar-refractivity contribution in [1.29, 1.82) is 0 Å². The van der Waals surface area contributed by atoms with Crippen molar-refractivity contribution in [3.8, 4) is 11.1 Å². The van der Waals surface area contributed by atoms with Crippen molar-refractivity contribution < 1.29 is 9.72 Å². The number of nitro groups is 1. The lowest BCUT2D eigenvalue weighted by Crippen LogP contribution is -2.21. The maximum atomic E-state index is 12.0. The van der Waals surface area contributed by atoms with E-state index in [9.17, 15) is 14.9 Å². The highest BCUT2D eigenvalue weighted by Crippen LogP contribution is 2.35. The molecule has 32 heavy (non-hydrogen) atoms. The topological polar surface area (TPSA) is 153 Å². The van der Waals surface area contributed by atoms with Gasteiger partial charge in [0.15, 0.2) is 0 Å². The Balaban J connectivity index is 1.87. The summed E-state index contributed by atoms with van der Waals surface area (Å²) in [6, 6.07) is 11.9. The summed E-state index contributed by atoms with van der Waals surface area (Å²) >= 11 is 0. The molecule has 10 nitrogen and oxygen atoms in total. The SMILES string of the molecule is CCc1nc(N)nc(N)c1-c1ccc(NCc2ccc(C(=O)N(C)C)cc2)c([N+](=O)[O-])c1. The Morgan fingerprint density at radius 1 is 1.12 bits per heavy atom. The molecule has 1 amide bonds. The first-order valence-electron chi connectivity index (χ1n) is 9.96. The Bertz CT molecular complexity index is 1160. The van der Waals surface area contributed by atoms with Crippen molar-refractivity contribution >= 4 is 29.0 Å². The van der Waals surface area contributed by atoms with E-state index in [2.05, 4.69) is 15.3 Å². The van der Waals surface area contributed by atoms with Crippen molar-refractivity contribution in [2.75, 3.05) is 30.9 Å². The van der Waals surface area contributed by atoms with E-state index in [1.807, 2.05) is 19.1 Å². The lowest BCUT2D eigenvalue weighted by molar-refractivity contribution is -0.383. The number of aryl methyl sites for hydroxylation is 1. The molecule has 0 unspecified atom stereocenters. The van der Waals surface area contributed by atoms with Gasteiger partial charge < -0.3 is 21.7 Å². The van der Waals surface area contributed by atoms with Gasteiger partial charge in [0, 0.05) is 37.8 Å². The number of nitrogens with two attached hydrogens (primary N) is 2. The summed E-state index contributed by atoms with van der Waals surface area (Å²) in [5, 5.41) is 14.8. The number of amides is 1. The first kappa shape index (κ1) is 22.5. The van der Waals surface area contributed by atoms with Gasteiger partial charge in [0.25, 0.3) is 11.6 Å². The summed E-state index contributed by atoms with van der Waals surface area (Å²) in [5.41, 5.74) is 15.1. The molecule has 3 rings (SSSR count). The normalized spacial score (nSPS) is 10.6. The molecule has 0 atom stereocenters. The van der Waals surface area contributed by atoms with Crippen LogP contribution in [0.15, 0.2) is 42.5 Å². The molecule has 0 spiro atoms. The highest BCUT2D eigenvalue weighted by molar-refractivity contribution is 5.93. The van der Waals surface area contributed by atoms with Gasteiger partial charge in [0.05, 0.1) is 10.6 Å². The second-order valence-corrected chi connectivity index (χ2v) is 7.38. The number of carbonyl (C=O) groups is 1. The average molecular weight is 435 g/mol. The predicted molar refractivity (Wildman–Crippen MR) is 124 cm³/mol. The molecular weight excluding hydrogens is 410 g/mol. The van der Waals surface area contributed by atoms with Crippen LogP contribution in [-0.4, -0.2) is 39.8 Å². The Morgan fingerprint density at radius 3 is 2.41 bits per heavy atom. The monoisotopic (exact) mass is 435 g/mol. The number of nitrogens with zero attached hydrogens (tertiary/aromatic N) is 4. The lowest BCUT2D eigenvalue weighted by Gasteiger charge is -2.13. The van der Waals surface area contributed by atoms with Gasteiger partial charge in [-0.2, -0.15) is 4.98 Å². The third-order valence-corrected chi connectivity index (χ3v) is 4.94. The number of anilines is 3. The zero-order valence-corrected chi connectivity index (χ0v) is 18.1. The Hall–Kier alpha value is -4.21. The van der Waals surface area contributed by atoms with E-state index in [1.165, 1.54) is 11.0 Å². The summed E-state index contributed by atoms with van der Waals surface area (Å²) in [7, 11) is 3.38. The van der Waals surface area contributed by atoms with E-state index in [0.717, 1.165) is 5.56 Å². The molecule has 2 aromatic carbocycles. The Morgan fingerprint density at radius 2 is 1.81 bits per heavy atom. The van der Waals surface area contributed by atoms with E-state index in [-0.39, 0.29) is 23.4 Å². The van der Waals surface area contributed by atoms with Crippen LogP contribution in [0.3, 0.4) is 0 Å². The van der Waals surface area contributed by atoms with Crippen LogP contribution in [0.5, 0.6) is 0 Å². The Labute approximate surface area is 185 Å². The first-order chi connectivity index (χ1) is 15.2. The van der Waals surface area contributed by atoms with Crippen molar-refractivity contribution in [3.63, 3.8) is 0 Å². The number of rotatable bonds is 7. The molecule has 0 aliphatic carbocycles. The van der Waals surface area contributed by atoms with E-state index < -0.39 is 4.92 Å². The number of nitrogens with one attached hydrogen (secondary N) is 1. The molecule has 0 bridgehead atoms. The third-order valence-electron chi connectivity index (χ3n) is 4.94. The molecule has 10 heteroatoms. The second-order valence-electron chi connectivity index (χ2n) is 7.38. The van der Waals surface area contributed by atoms with Crippen LogP contribution < -0.4 is 16.8 Å². The van der Waals surface area contributed by atoms with Crippen molar-refractivity contribution in [2.24, 2.45) is 0 Å². The highest BCUT2D eigenvalue weighted by Gasteiger charge is 2.19. The molecule has 0 radical (unpaired) electrons. The standard InChI is InChI=1S/C22H25N7O3/c1-4-16-19(20(23)27-22(24)26-16)15-9-10-17(18(11-15)29(31)32)25-12-13-5-7-14(8-6-13)21(30)28(2)3/h5-11,25H,4,12H2,1-3H3,(H4,23,24,26,27). The average Bonchev–Trinajstić information content (AvgIpc) is 2.76. The molecule has 5 N–H and O–H groups in total. The van der Waals surface area contributed by atoms with Crippen molar-refractivity contribution in [1.82, 2.24) is 14.9 Å². The number of hydrogen-bond donors (Lipinski definition) is 3. The van der Waals surface area contributed by atoms with Gasteiger partial charge in [-0.1, -0.05) is 25.1 Å². The Kier molecular flexibility index (Phi) is 6.53. The van der Waals surface area contributed by atoms with Crippen LogP contribution in [0.2, 0.25) is 0 Å². The maximum absolute atomic E-state index is 12.0. The fourth-order valence-corrected chi connectivity index (χ4v) is 3.33. The van der Waals surface area contributed by atoms with Gasteiger partial charge in [-0.15, -0.1) is 0 Å². The van der Waals surface area contributed by atoms with Crippen molar-refractivity contribution in [3.05, 3.63) is 69.4 Å². The van der Waals surface area contributed by atoms with Gasteiger partial charge in [-0.05, 0) is 35.7 Å². The first-order valence-corrected chi connectivity index (χ1v) is 9.96. The molecule has 0 aliphatic heterocycles. The number of nitro benzene ring substituents is 1. The smallest absolute Gasteiger partial charge is 0.292 e. The number of carbonyl (C=O) groups excluding carboxylic acids is 1. The van der Waals surface area contributed by atoms with Gasteiger partial charge in [-0.3, -0.25) is 14.9 Å². The molecule has 1 heterocycles. The highest BCUT2D eigenvalue weighted by atomic mass is 16.6. The van der Waals surface area contributed by atoms with Crippen LogP contribution in [0.4, 0.5) is 23.1 Å². The minimum Gasteiger partial charge on any atom is -0.383 e. The number of benzene rings is 2. The van der Waals surface area contributed by atoms with Crippen molar-refractivity contribution in [2.45, 2.75) is 19.9 Å². The van der Waals surface area contributed by atoms with E-state index in [0.29, 0.717) is 41.0 Å². The molecule has 1 aromatic heterocycles. The van der Waals surface area contributed by atoms with E-state index >= 15 is 0 Å². The minimum absolute atomic E-state index is 0.0641. The summed E-state index contributed by atoms with van der Waals surface area (Å²) in [4.78, 5) is 33.0. The van der Waals surface area contributed by atoms with E-state index in [1.54, 1.807) is 38.4 Å². The molecule has 3 aromatic rings. The number of nitrogen functional groups attached to an aromatic ring is 2. The molecule has 166 valence electrons. The van der Waals surface area contributed by atoms with Crippen LogP contribution in [0.25, 0.3) is 11.1 Å². The van der Waals surface area contributed by atoms with Gasteiger partial charge >= 0.3 is 0 Å². The van der Waals surface area contributed by atoms with Gasteiger partial charge in [-0.25, -0.2) is 4.98 Å². The molecule has 0 saturated carbocycles. The summed E-state index contributed by atoms with van der Waals surface area (Å²) in [6.07, 6.45) is 0.548. The number of aromatic nitrogens is 2. The zero-order chi connectivity index (χ0) is 23.4. The molecule has 0 fully saturated rings. The summed E-state index contributed by atoms with van der Waals surface area (Å²) in [5.74, 6) is 0.152. The fraction of sp³-hybridized carbons (Fsp3) is 0.227. The zero-order valence-electron chi connectivity index (χ0n) is 18.1. The van der Waals surface area contributed by atoms with Crippen LogP contribution in [-0.2, 0) is 13.0 Å². The van der Waals surface area contributed by atoms with Crippen LogP contribution >= 0.6 is 0 Å². The molecule has 0 saturated heterocycles. The predicted octanol–water partition coefficient (Wildman–Crippen LogP) is 3.09. The van der Waals surface area contributed by atoms with Gasteiger partial charge in [0.1, 0.15) is 11.5 Å². The second kappa shape index (κ2) is 9.29. The minimum atomic E-state index is -0.454. The lowest BCUT2D eigenvalue weighted by atomic mass is 10.0. The van der Waals surface area contributed by atoms with E-state index in [4.69, 9.17) is 11.5 Å². The molecular formula is C22H25N7O3. The molecule has 0 aliphatic rings. The van der Waals surface area contributed by atoms with Crippen LogP contribution in [0.1, 0.15) is 28.5 Å². The fourth-order valence-electron chi connectivity index (χ4n) is 3.33. The summed E-state index contributed by atoms with van der Waals surface area (Å²) < 4.78 is 0. The summed E-state index contributed by atoms with van der Waals surface area (Å²) in [6.45, 7) is 2.25. The number of hydrogen-bond acceptors (Lipinski definition) is 8. The maximum Gasteiger partial charge on any atom is 0.292 e. The van der Waals surface area contributed by atoms with Crippen LogP contribution in [0, 0.1) is 10.1 Å².